The molecule has 0 aromatic heterocycles. The van der Waals surface area contributed by atoms with Gasteiger partial charge in [0.1, 0.15) is 6.04 Å². The Morgan fingerprint density at radius 2 is 1.90 bits per heavy atom. The quantitative estimate of drug-likeness (QED) is 0.815. The number of nitrogens with zero attached hydrogens (tertiary/aromatic N) is 1. The molecular weight excluding hydrogens is 256 g/mol. The Balaban J connectivity index is 2.60. The first-order valence-electron chi connectivity index (χ1n) is 7.59. The first kappa shape index (κ1) is 16.8. The topological polar surface area (TPSA) is 69.6 Å². The molecule has 0 saturated heterocycles. The Hall–Kier alpha value is -1.26. The van der Waals surface area contributed by atoms with Gasteiger partial charge >= 0.3 is 12.0 Å². The summed E-state index contributed by atoms with van der Waals surface area (Å²) < 4.78 is 0. The van der Waals surface area contributed by atoms with Crippen molar-refractivity contribution in [3.8, 4) is 0 Å². The SMILES string of the molecule is CC(C)C[C@H](NC(=O)N(C)C1CCCCC1C)C(=O)O. The molecule has 0 spiro atoms. The van der Waals surface area contributed by atoms with Crippen molar-refractivity contribution in [3.05, 3.63) is 0 Å². The number of urea groups is 1. The largest absolute Gasteiger partial charge is 0.480 e. The van der Waals surface area contributed by atoms with Crippen LogP contribution in [0.15, 0.2) is 0 Å². The third-order valence-electron chi connectivity index (χ3n) is 4.19. The maximum atomic E-state index is 12.2. The zero-order valence-corrected chi connectivity index (χ0v) is 13.1. The van der Waals surface area contributed by atoms with E-state index < -0.39 is 12.0 Å². The molecule has 1 aliphatic rings. The number of amides is 2. The lowest BCUT2D eigenvalue weighted by atomic mass is 9.85. The Morgan fingerprint density at radius 3 is 2.40 bits per heavy atom. The molecule has 0 radical (unpaired) electrons. The minimum atomic E-state index is -0.961. The average Bonchev–Trinajstić information content (AvgIpc) is 2.37. The van der Waals surface area contributed by atoms with Crippen molar-refractivity contribution in [1.29, 1.82) is 0 Å². The number of carboxylic acids is 1. The molecule has 0 aromatic carbocycles. The predicted octanol–water partition coefficient (Wildman–Crippen LogP) is 2.71. The number of nitrogens with one attached hydrogen (secondary N) is 1. The van der Waals surface area contributed by atoms with Crippen molar-refractivity contribution >= 4 is 12.0 Å². The van der Waals surface area contributed by atoms with Gasteiger partial charge in [-0.05, 0) is 31.1 Å². The molecule has 1 aliphatic carbocycles. The summed E-state index contributed by atoms with van der Waals surface area (Å²) in [6.07, 6.45) is 4.96. The fourth-order valence-corrected chi connectivity index (χ4v) is 2.97. The minimum absolute atomic E-state index is 0.220. The second-order valence-electron chi connectivity index (χ2n) is 6.41. The van der Waals surface area contributed by atoms with E-state index in [0.29, 0.717) is 12.3 Å². The van der Waals surface area contributed by atoms with Gasteiger partial charge in [-0.25, -0.2) is 9.59 Å². The number of carbonyl (C=O) groups is 2. The van der Waals surface area contributed by atoms with Gasteiger partial charge in [0.15, 0.2) is 0 Å². The zero-order valence-electron chi connectivity index (χ0n) is 13.1. The normalized spacial score (nSPS) is 24.2. The highest BCUT2D eigenvalue weighted by Gasteiger charge is 2.30. The molecule has 0 aromatic rings. The van der Waals surface area contributed by atoms with Crippen LogP contribution in [-0.4, -0.2) is 41.1 Å². The summed E-state index contributed by atoms with van der Waals surface area (Å²) in [5, 5.41) is 11.8. The van der Waals surface area contributed by atoms with Gasteiger partial charge in [0.2, 0.25) is 0 Å². The Bertz CT molecular complexity index is 344. The smallest absolute Gasteiger partial charge is 0.326 e. The molecule has 1 fully saturated rings. The first-order chi connectivity index (χ1) is 9.32. The molecule has 5 heteroatoms. The van der Waals surface area contributed by atoms with Gasteiger partial charge in [0.25, 0.3) is 0 Å². The average molecular weight is 284 g/mol. The summed E-state index contributed by atoms with van der Waals surface area (Å²) in [5.74, 6) is -0.250. The summed E-state index contributed by atoms with van der Waals surface area (Å²) in [4.78, 5) is 25.1. The molecule has 1 rings (SSSR count). The van der Waals surface area contributed by atoms with E-state index in [1.54, 1.807) is 11.9 Å². The first-order valence-corrected chi connectivity index (χ1v) is 7.59. The molecule has 0 bridgehead atoms. The lowest BCUT2D eigenvalue weighted by Crippen LogP contribution is -2.52. The van der Waals surface area contributed by atoms with E-state index in [9.17, 15) is 14.7 Å². The van der Waals surface area contributed by atoms with Crippen LogP contribution in [0.3, 0.4) is 0 Å². The van der Waals surface area contributed by atoms with E-state index in [0.717, 1.165) is 19.3 Å². The van der Waals surface area contributed by atoms with Crippen LogP contribution < -0.4 is 5.32 Å². The molecule has 3 atom stereocenters. The monoisotopic (exact) mass is 284 g/mol. The van der Waals surface area contributed by atoms with Crippen LogP contribution in [0.2, 0.25) is 0 Å². The summed E-state index contributed by atoms with van der Waals surface area (Å²) in [6.45, 7) is 6.07. The molecule has 116 valence electrons. The van der Waals surface area contributed by atoms with E-state index in [4.69, 9.17) is 0 Å². The van der Waals surface area contributed by atoms with Gasteiger partial charge in [0, 0.05) is 13.1 Å². The maximum Gasteiger partial charge on any atom is 0.326 e. The van der Waals surface area contributed by atoms with Gasteiger partial charge < -0.3 is 15.3 Å². The molecule has 0 aliphatic heterocycles. The lowest BCUT2D eigenvalue weighted by Gasteiger charge is -2.36. The van der Waals surface area contributed by atoms with Gasteiger partial charge in [-0.2, -0.15) is 0 Å². The molecule has 5 nitrogen and oxygen atoms in total. The van der Waals surface area contributed by atoms with Crippen molar-refractivity contribution in [1.82, 2.24) is 10.2 Å². The van der Waals surface area contributed by atoms with Crippen LogP contribution in [0.25, 0.3) is 0 Å². The van der Waals surface area contributed by atoms with E-state index in [-0.39, 0.29) is 18.0 Å². The van der Waals surface area contributed by atoms with E-state index >= 15 is 0 Å². The van der Waals surface area contributed by atoms with Gasteiger partial charge in [0.05, 0.1) is 0 Å². The summed E-state index contributed by atoms with van der Waals surface area (Å²) >= 11 is 0. The highest BCUT2D eigenvalue weighted by molar-refractivity contribution is 5.82. The number of carbonyl (C=O) groups excluding carboxylic acids is 1. The number of hydrogen-bond acceptors (Lipinski definition) is 2. The minimum Gasteiger partial charge on any atom is -0.480 e. The van der Waals surface area contributed by atoms with Gasteiger partial charge in [-0.1, -0.05) is 33.6 Å². The number of rotatable bonds is 5. The third kappa shape index (κ3) is 4.69. The van der Waals surface area contributed by atoms with Crippen molar-refractivity contribution in [2.45, 2.75) is 65.0 Å². The van der Waals surface area contributed by atoms with Crippen LogP contribution in [0, 0.1) is 11.8 Å². The van der Waals surface area contributed by atoms with Crippen LogP contribution in [0.1, 0.15) is 52.9 Å². The summed E-state index contributed by atoms with van der Waals surface area (Å²) in [6, 6.07) is -0.849. The Morgan fingerprint density at radius 1 is 1.30 bits per heavy atom. The molecule has 2 N–H and O–H groups in total. The standard InChI is InChI=1S/C15H28N2O3/c1-10(2)9-12(14(18)19)16-15(20)17(4)13-8-6-5-7-11(13)3/h10-13H,5-9H2,1-4H3,(H,16,20)(H,18,19)/t11?,12-,13?/m0/s1. The molecule has 2 unspecified atom stereocenters. The van der Waals surface area contributed by atoms with Gasteiger partial charge in [-0.15, -0.1) is 0 Å². The van der Waals surface area contributed by atoms with Crippen molar-refractivity contribution in [2.24, 2.45) is 11.8 Å². The second kappa shape index (κ2) is 7.50. The number of carboxylic acid groups (broad SMARTS) is 1. The fraction of sp³-hybridized carbons (Fsp3) is 0.867. The molecular formula is C15H28N2O3. The Labute approximate surface area is 121 Å². The predicted molar refractivity (Wildman–Crippen MR) is 78.6 cm³/mol. The zero-order chi connectivity index (χ0) is 15.3. The molecule has 0 heterocycles. The second-order valence-corrected chi connectivity index (χ2v) is 6.41. The van der Waals surface area contributed by atoms with Crippen LogP contribution >= 0.6 is 0 Å². The molecule has 1 saturated carbocycles. The van der Waals surface area contributed by atoms with Crippen molar-refractivity contribution in [2.75, 3.05) is 7.05 Å². The van der Waals surface area contributed by atoms with E-state index in [1.807, 2.05) is 13.8 Å². The lowest BCUT2D eigenvalue weighted by molar-refractivity contribution is -0.139. The maximum absolute atomic E-state index is 12.2. The fourth-order valence-electron chi connectivity index (χ4n) is 2.97. The summed E-state index contributed by atoms with van der Waals surface area (Å²) in [7, 11) is 1.77. The highest BCUT2D eigenvalue weighted by Crippen LogP contribution is 2.27. The van der Waals surface area contributed by atoms with Crippen molar-refractivity contribution < 1.29 is 14.7 Å². The van der Waals surface area contributed by atoms with Crippen LogP contribution in [0.4, 0.5) is 4.79 Å². The van der Waals surface area contributed by atoms with Crippen LogP contribution in [-0.2, 0) is 4.79 Å². The number of hydrogen-bond donors (Lipinski definition) is 2. The summed E-state index contributed by atoms with van der Waals surface area (Å²) in [5.41, 5.74) is 0. The van der Waals surface area contributed by atoms with E-state index in [1.165, 1.54) is 6.42 Å². The molecule has 2 amide bonds. The van der Waals surface area contributed by atoms with Gasteiger partial charge in [-0.3, -0.25) is 0 Å². The third-order valence-corrected chi connectivity index (χ3v) is 4.19. The van der Waals surface area contributed by atoms with E-state index in [2.05, 4.69) is 12.2 Å². The Kier molecular flexibility index (Phi) is 6.30. The van der Waals surface area contributed by atoms with Crippen LogP contribution in [0.5, 0.6) is 0 Å². The van der Waals surface area contributed by atoms with Crippen molar-refractivity contribution in [3.63, 3.8) is 0 Å². The highest BCUT2D eigenvalue weighted by atomic mass is 16.4. The number of aliphatic carboxylic acids is 1. The molecule has 20 heavy (non-hydrogen) atoms.